The molecule has 10 heteroatoms. The normalized spacial score (nSPS) is 11.7. The predicted octanol–water partition coefficient (Wildman–Crippen LogP) is 4.50. The van der Waals surface area contributed by atoms with E-state index in [1.165, 1.54) is 24.3 Å². The van der Waals surface area contributed by atoms with Crippen LogP contribution in [-0.2, 0) is 6.18 Å². The van der Waals surface area contributed by atoms with Gasteiger partial charge in [0, 0.05) is 16.1 Å². The number of nitrogens with two attached hydrogens (primary N) is 1. The lowest BCUT2D eigenvalue weighted by Crippen LogP contribution is -2.11. The minimum absolute atomic E-state index is 0.00598. The van der Waals surface area contributed by atoms with E-state index in [0.29, 0.717) is 10.6 Å². The molecule has 3 rings (SSSR count). The molecule has 0 saturated carbocycles. The van der Waals surface area contributed by atoms with Crippen molar-refractivity contribution >= 4 is 29.1 Å². The molecular formula is C15H9Cl2F3N4O. The SMILES string of the molecule is NC(=O)c1cc(-c2cn[nH]c2C(F)(F)F)[nH]c1-c1ccc(Cl)cc1Cl. The lowest BCUT2D eigenvalue weighted by Gasteiger charge is -2.06. The number of primary amides is 1. The number of halogens is 5. The predicted molar refractivity (Wildman–Crippen MR) is 87.4 cm³/mol. The van der Waals surface area contributed by atoms with E-state index in [0.717, 1.165) is 6.20 Å². The third kappa shape index (κ3) is 3.22. The van der Waals surface area contributed by atoms with Gasteiger partial charge in [0.05, 0.1) is 28.2 Å². The molecular weight excluding hydrogens is 380 g/mol. The Bertz CT molecular complexity index is 962. The standard InChI is InChI=1S/C15H9Cl2F3N4O/c16-6-1-2-7(10(17)3-6)12-8(14(21)25)4-11(23-12)9-5-22-24-13(9)15(18,19)20/h1-5,23H,(H2,21,25)(H,22,24). The number of H-pyrrole nitrogens is 2. The Morgan fingerprint density at radius 1 is 1.16 bits per heavy atom. The molecule has 5 nitrogen and oxygen atoms in total. The molecule has 0 aliphatic rings. The van der Waals surface area contributed by atoms with Crippen molar-refractivity contribution in [2.24, 2.45) is 5.73 Å². The average Bonchev–Trinajstić information content (AvgIpc) is 3.13. The molecule has 2 aromatic heterocycles. The summed E-state index contributed by atoms with van der Waals surface area (Å²) in [6.07, 6.45) is -3.63. The zero-order valence-corrected chi connectivity index (χ0v) is 13.7. The molecule has 25 heavy (non-hydrogen) atoms. The van der Waals surface area contributed by atoms with Crippen molar-refractivity contribution in [3.8, 4) is 22.5 Å². The van der Waals surface area contributed by atoms with E-state index in [2.05, 4.69) is 10.1 Å². The third-order valence-electron chi connectivity index (χ3n) is 3.50. The number of hydrogen-bond donors (Lipinski definition) is 3. The Morgan fingerprint density at radius 2 is 1.88 bits per heavy atom. The summed E-state index contributed by atoms with van der Waals surface area (Å²) < 4.78 is 39.2. The van der Waals surface area contributed by atoms with Gasteiger partial charge in [0.25, 0.3) is 5.91 Å². The van der Waals surface area contributed by atoms with Gasteiger partial charge in [0.15, 0.2) is 0 Å². The molecule has 0 aliphatic carbocycles. The summed E-state index contributed by atoms with van der Waals surface area (Å²) in [4.78, 5) is 14.5. The molecule has 130 valence electrons. The number of nitrogens with one attached hydrogen (secondary N) is 2. The van der Waals surface area contributed by atoms with Crippen LogP contribution in [-0.4, -0.2) is 21.1 Å². The van der Waals surface area contributed by atoms with Crippen molar-refractivity contribution in [1.82, 2.24) is 15.2 Å². The van der Waals surface area contributed by atoms with E-state index < -0.39 is 17.8 Å². The van der Waals surface area contributed by atoms with E-state index in [4.69, 9.17) is 28.9 Å². The van der Waals surface area contributed by atoms with Gasteiger partial charge in [-0.1, -0.05) is 23.2 Å². The number of hydrogen-bond acceptors (Lipinski definition) is 2. The Labute approximate surface area is 148 Å². The molecule has 3 aromatic rings. The maximum atomic E-state index is 13.1. The highest BCUT2D eigenvalue weighted by Gasteiger charge is 2.36. The summed E-state index contributed by atoms with van der Waals surface area (Å²) in [5.74, 6) is -0.819. The van der Waals surface area contributed by atoms with Gasteiger partial charge < -0.3 is 10.7 Å². The highest BCUT2D eigenvalue weighted by atomic mass is 35.5. The summed E-state index contributed by atoms with van der Waals surface area (Å²) in [7, 11) is 0. The van der Waals surface area contributed by atoms with E-state index >= 15 is 0 Å². The molecule has 1 aromatic carbocycles. The fourth-order valence-electron chi connectivity index (χ4n) is 2.41. The number of alkyl halides is 3. The first-order valence-electron chi connectivity index (χ1n) is 6.77. The van der Waals surface area contributed by atoms with Crippen LogP contribution in [0.25, 0.3) is 22.5 Å². The maximum Gasteiger partial charge on any atom is 0.433 e. The van der Waals surface area contributed by atoms with E-state index in [9.17, 15) is 18.0 Å². The summed E-state index contributed by atoms with van der Waals surface area (Å²) in [5.41, 5.74) is 4.65. The number of nitrogens with zero attached hydrogens (tertiary/aromatic N) is 1. The Hall–Kier alpha value is -2.45. The molecule has 0 aliphatic heterocycles. The van der Waals surface area contributed by atoms with Gasteiger partial charge in [-0.2, -0.15) is 18.3 Å². The number of aromatic nitrogens is 3. The fourth-order valence-corrected chi connectivity index (χ4v) is 2.91. The molecule has 0 spiro atoms. The van der Waals surface area contributed by atoms with Crippen LogP contribution in [0.1, 0.15) is 16.1 Å². The Balaban J connectivity index is 2.20. The number of aromatic amines is 2. The molecule has 2 heterocycles. The van der Waals surface area contributed by atoms with Crippen molar-refractivity contribution in [2.45, 2.75) is 6.18 Å². The first kappa shape index (κ1) is 17.4. The molecule has 0 saturated heterocycles. The second-order valence-corrected chi connectivity index (χ2v) is 5.96. The minimum Gasteiger partial charge on any atom is -0.366 e. The van der Waals surface area contributed by atoms with Crippen LogP contribution in [0.2, 0.25) is 10.0 Å². The smallest absolute Gasteiger partial charge is 0.366 e. The summed E-state index contributed by atoms with van der Waals surface area (Å²) >= 11 is 12.0. The molecule has 0 fully saturated rings. The second kappa shape index (κ2) is 6.12. The molecule has 0 radical (unpaired) electrons. The number of carbonyl (C=O) groups is 1. The van der Waals surface area contributed by atoms with Crippen LogP contribution in [0.5, 0.6) is 0 Å². The molecule has 4 N–H and O–H groups in total. The van der Waals surface area contributed by atoms with Gasteiger partial charge in [-0.05, 0) is 24.3 Å². The second-order valence-electron chi connectivity index (χ2n) is 5.12. The zero-order valence-electron chi connectivity index (χ0n) is 12.2. The number of benzene rings is 1. The molecule has 0 bridgehead atoms. The summed E-state index contributed by atoms with van der Waals surface area (Å²) in [6.45, 7) is 0. The van der Waals surface area contributed by atoms with E-state index in [-0.39, 0.29) is 27.5 Å². The fraction of sp³-hybridized carbons (Fsp3) is 0.0667. The van der Waals surface area contributed by atoms with Gasteiger partial charge in [0.1, 0.15) is 5.69 Å². The molecule has 0 atom stereocenters. The van der Waals surface area contributed by atoms with Crippen molar-refractivity contribution in [2.75, 3.05) is 0 Å². The van der Waals surface area contributed by atoms with E-state index in [1.54, 1.807) is 0 Å². The van der Waals surface area contributed by atoms with Gasteiger partial charge in [0.2, 0.25) is 0 Å². The average molecular weight is 389 g/mol. The lowest BCUT2D eigenvalue weighted by molar-refractivity contribution is -0.140. The van der Waals surface area contributed by atoms with Crippen molar-refractivity contribution in [1.29, 1.82) is 0 Å². The van der Waals surface area contributed by atoms with Crippen molar-refractivity contribution in [3.05, 3.63) is 51.8 Å². The zero-order chi connectivity index (χ0) is 18.4. The van der Waals surface area contributed by atoms with Gasteiger partial charge >= 0.3 is 6.18 Å². The van der Waals surface area contributed by atoms with Crippen LogP contribution in [0.15, 0.2) is 30.5 Å². The van der Waals surface area contributed by atoms with Crippen LogP contribution >= 0.6 is 23.2 Å². The number of carbonyl (C=O) groups excluding carboxylic acids is 1. The highest BCUT2D eigenvalue weighted by molar-refractivity contribution is 6.36. The monoisotopic (exact) mass is 388 g/mol. The number of amides is 1. The Kier molecular flexibility index (Phi) is 4.26. The largest absolute Gasteiger partial charge is 0.433 e. The summed E-state index contributed by atoms with van der Waals surface area (Å²) in [5, 5.41) is 5.92. The maximum absolute atomic E-state index is 13.1. The van der Waals surface area contributed by atoms with Gasteiger partial charge in [-0.15, -0.1) is 0 Å². The van der Waals surface area contributed by atoms with E-state index in [1.807, 2.05) is 5.10 Å². The number of rotatable bonds is 3. The molecule has 1 amide bonds. The van der Waals surface area contributed by atoms with Crippen LogP contribution in [0, 0.1) is 0 Å². The minimum atomic E-state index is -4.64. The van der Waals surface area contributed by atoms with Crippen molar-refractivity contribution < 1.29 is 18.0 Å². The third-order valence-corrected chi connectivity index (χ3v) is 4.04. The molecule has 0 unspecified atom stereocenters. The quantitative estimate of drug-likeness (QED) is 0.616. The first-order valence-corrected chi connectivity index (χ1v) is 7.53. The van der Waals surface area contributed by atoms with Crippen LogP contribution < -0.4 is 5.73 Å². The van der Waals surface area contributed by atoms with Crippen LogP contribution in [0.4, 0.5) is 13.2 Å². The van der Waals surface area contributed by atoms with Gasteiger partial charge in [-0.25, -0.2) is 0 Å². The lowest BCUT2D eigenvalue weighted by atomic mass is 10.1. The highest BCUT2D eigenvalue weighted by Crippen LogP contribution is 2.38. The first-order chi connectivity index (χ1) is 11.7. The van der Waals surface area contributed by atoms with Gasteiger partial charge in [-0.3, -0.25) is 9.89 Å². The topological polar surface area (TPSA) is 87.6 Å². The van der Waals surface area contributed by atoms with Crippen molar-refractivity contribution in [3.63, 3.8) is 0 Å². The van der Waals surface area contributed by atoms with Crippen LogP contribution in [0.3, 0.4) is 0 Å². The summed E-state index contributed by atoms with van der Waals surface area (Å²) in [6, 6.07) is 5.74. The Morgan fingerprint density at radius 3 is 2.48 bits per heavy atom.